The molecule has 27 heavy (non-hydrogen) atoms. The zero-order chi connectivity index (χ0) is 20.6. The van der Waals surface area contributed by atoms with Crippen LogP contribution in [0.3, 0.4) is 0 Å². The lowest BCUT2D eigenvalue weighted by molar-refractivity contribution is -0.323. The van der Waals surface area contributed by atoms with Crippen molar-refractivity contribution in [3.8, 4) is 0 Å². The highest BCUT2D eigenvalue weighted by atomic mass is 19.4. The van der Waals surface area contributed by atoms with Gasteiger partial charge >= 0.3 is 12.1 Å². The van der Waals surface area contributed by atoms with Crippen LogP contribution in [0.2, 0.25) is 0 Å². The minimum atomic E-state index is -6.18. The van der Waals surface area contributed by atoms with E-state index in [1.165, 1.54) is 0 Å². The second-order valence-electron chi connectivity index (χ2n) is 5.97. The van der Waals surface area contributed by atoms with Crippen LogP contribution in [0, 0.1) is 0 Å². The molecule has 0 saturated heterocycles. The lowest BCUT2D eigenvalue weighted by Gasteiger charge is -2.36. The largest absolute Gasteiger partial charge is 0.457 e. The molecule has 0 radical (unpaired) electrons. The molecule has 0 unspecified atom stereocenters. The number of hydrogen-bond donors (Lipinski definition) is 4. The van der Waals surface area contributed by atoms with Crippen molar-refractivity contribution in [1.82, 2.24) is 0 Å². The maximum Gasteiger partial charge on any atom is 0.457 e. The van der Waals surface area contributed by atoms with Crippen molar-refractivity contribution >= 4 is 11.4 Å². The minimum absolute atomic E-state index is 0.0980. The van der Waals surface area contributed by atoms with Crippen LogP contribution in [0.15, 0.2) is 36.4 Å². The Labute approximate surface area is 151 Å². The molecule has 0 saturated carbocycles. The predicted molar refractivity (Wildman–Crippen MR) is 90.4 cm³/mol. The quantitative estimate of drug-likeness (QED) is 0.463. The van der Waals surface area contributed by atoms with Crippen molar-refractivity contribution in [3.63, 3.8) is 0 Å². The number of anilines is 2. The number of benzene rings is 2. The Balaban J connectivity index is 2.81. The molecule has 0 aliphatic carbocycles. The van der Waals surface area contributed by atoms with E-state index in [0.717, 1.165) is 36.4 Å². The highest BCUT2D eigenvalue weighted by molar-refractivity contribution is 5.56. The van der Waals surface area contributed by atoms with Gasteiger partial charge in [0.1, 0.15) is 0 Å². The summed E-state index contributed by atoms with van der Waals surface area (Å²) in [6.07, 6.45) is -6.18. The van der Waals surface area contributed by atoms with Gasteiger partial charge in [-0.2, -0.15) is 22.0 Å². The van der Waals surface area contributed by atoms with Crippen molar-refractivity contribution in [2.45, 2.75) is 30.9 Å². The lowest BCUT2D eigenvalue weighted by Crippen LogP contribution is -2.53. The number of nitrogens with two attached hydrogens (primary N) is 4. The fourth-order valence-electron chi connectivity index (χ4n) is 2.71. The van der Waals surface area contributed by atoms with Crippen LogP contribution >= 0.6 is 0 Å². The molecule has 8 N–H and O–H groups in total. The van der Waals surface area contributed by atoms with Gasteiger partial charge in [0.2, 0.25) is 5.67 Å². The van der Waals surface area contributed by atoms with Gasteiger partial charge in [-0.25, -0.2) is 4.39 Å². The summed E-state index contributed by atoms with van der Waals surface area (Å²) in [5.41, 5.74) is 16.0. The third-order valence-electron chi connectivity index (χ3n) is 4.32. The molecular weight excluding hydrogens is 374 g/mol. The van der Waals surface area contributed by atoms with Crippen molar-refractivity contribution in [2.24, 2.45) is 11.5 Å². The van der Waals surface area contributed by atoms with E-state index in [1.807, 2.05) is 0 Å². The van der Waals surface area contributed by atoms with Crippen molar-refractivity contribution in [3.05, 3.63) is 58.7 Å². The SMILES string of the molecule is NCc1ccc(C(F)(c2ccc(CN)c(N)c2)C(F)(F)C(F)(F)F)cc1N. The summed E-state index contributed by atoms with van der Waals surface area (Å²) < 4.78 is 83.7. The molecule has 0 atom stereocenters. The zero-order valence-corrected chi connectivity index (χ0v) is 14.0. The van der Waals surface area contributed by atoms with Crippen LogP contribution in [-0.4, -0.2) is 12.1 Å². The van der Waals surface area contributed by atoms with Gasteiger partial charge < -0.3 is 22.9 Å². The molecular formula is C17H18F6N4. The first kappa shape index (κ1) is 20.8. The fourth-order valence-corrected chi connectivity index (χ4v) is 2.71. The molecule has 0 aromatic heterocycles. The van der Waals surface area contributed by atoms with Gasteiger partial charge in [-0.3, -0.25) is 0 Å². The molecule has 10 heteroatoms. The Morgan fingerprint density at radius 2 is 1.04 bits per heavy atom. The highest BCUT2D eigenvalue weighted by Crippen LogP contribution is 2.54. The Bertz CT molecular complexity index is 781. The monoisotopic (exact) mass is 392 g/mol. The van der Waals surface area contributed by atoms with Crippen LogP contribution in [-0.2, 0) is 18.8 Å². The standard InChI is InChI=1S/C17H18F6N4/c18-15(16(19,20)17(21,22)23,11-3-1-9(7-24)13(26)5-11)12-4-2-10(8-25)14(27)6-12/h1-6H,7-8,24-27H2. The second-order valence-corrected chi connectivity index (χ2v) is 5.97. The Hall–Kier alpha value is -2.46. The summed E-state index contributed by atoms with van der Waals surface area (Å²) in [7, 11) is 0. The number of alkyl halides is 6. The normalized spacial score (nSPS) is 13.0. The average molecular weight is 392 g/mol. The predicted octanol–water partition coefficient (Wildman–Crippen LogP) is 3.18. The molecule has 2 aromatic carbocycles. The van der Waals surface area contributed by atoms with Gasteiger partial charge in [-0.05, 0) is 23.3 Å². The first-order chi connectivity index (χ1) is 12.4. The molecule has 148 valence electrons. The smallest absolute Gasteiger partial charge is 0.398 e. The Morgan fingerprint density at radius 3 is 1.30 bits per heavy atom. The van der Waals surface area contributed by atoms with E-state index in [9.17, 15) is 22.0 Å². The van der Waals surface area contributed by atoms with Crippen LogP contribution in [0.25, 0.3) is 0 Å². The highest BCUT2D eigenvalue weighted by Gasteiger charge is 2.72. The average Bonchev–Trinajstić information content (AvgIpc) is 2.59. The third kappa shape index (κ3) is 3.30. The zero-order valence-electron chi connectivity index (χ0n) is 14.0. The summed E-state index contributed by atoms with van der Waals surface area (Å²) >= 11 is 0. The topological polar surface area (TPSA) is 104 Å². The van der Waals surface area contributed by atoms with E-state index in [2.05, 4.69) is 0 Å². The maximum atomic E-state index is 15.7. The second kappa shape index (κ2) is 6.93. The van der Waals surface area contributed by atoms with Crippen LogP contribution in [0.4, 0.5) is 37.7 Å². The molecule has 0 bridgehead atoms. The number of halogens is 6. The number of nitrogen functional groups attached to an aromatic ring is 2. The van der Waals surface area contributed by atoms with Gasteiger partial charge in [0.25, 0.3) is 0 Å². The van der Waals surface area contributed by atoms with Gasteiger partial charge in [0.05, 0.1) is 0 Å². The summed E-state index contributed by atoms with van der Waals surface area (Å²) in [5.74, 6) is -5.77. The summed E-state index contributed by atoms with van der Waals surface area (Å²) in [6.45, 7) is -0.196. The third-order valence-corrected chi connectivity index (χ3v) is 4.32. The molecule has 0 fully saturated rings. The molecule has 0 heterocycles. The summed E-state index contributed by atoms with van der Waals surface area (Å²) in [5, 5.41) is 0. The summed E-state index contributed by atoms with van der Waals surface area (Å²) in [4.78, 5) is 0. The summed E-state index contributed by atoms with van der Waals surface area (Å²) in [6, 6.07) is 5.23. The Kier molecular flexibility index (Phi) is 5.35. The number of hydrogen-bond acceptors (Lipinski definition) is 4. The van der Waals surface area contributed by atoms with E-state index in [1.54, 1.807) is 0 Å². The van der Waals surface area contributed by atoms with E-state index < -0.39 is 28.9 Å². The van der Waals surface area contributed by atoms with E-state index in [0.29, 0.717) is 0 Å². The molecule has 0 spiro atoms. The van der Waals surface area contributed by atoms with Gasteiger partial charge in [0.15, 0.2) is 0 Å². The minimum Gasteiger partial charge on any atom is -0.398 e. The number of rotatable bonds is 5. The molecule has 2 aromatic rings. The van der Waals surface area contributed by atoms with Crippen LogP contribution < -0.4 is 22.9 Å². The van der Waals surface area contributed by atoms with E-state index in [-0.39, 0.29) is 35.6 Å². The van der Waals surface area contributed by atoms with Crippen molar-refractivity contribution in [1.29, 1.82) is 0 Å². The van der Waals surface area contributed by atoms with Gasteiger partial charge in [-0.15, -0.1) is 0 Å². The van der Waals surface area contributed by atoms with E-state index in [4.69, 9.17) is 22.9 Å². The van der Waals surface area contributed by atoms with Crippen LogP contribution in [0.5, 0.6) is 0 Å². The molecule has 2 rings (SSSR count). The molecule has 0 aliphatic rings. The van der Waals surface area contributed by atoms with Crippen molar-refractivity contribution in [2.75, 3.05) is 11.5 Å². The Morgan fingerprint density at radius 1 is 0.667 bits per heavy atom. The van der Waals surface area contributed by atoms with Crippen LogP contribution in [0.1, 0.15) is 22.3 Å². The maximum absolute atomic E-state index is 15.7. The molecule has 4 nitrogen and oxygen atoms in total. The first-order valence-electron chi connectivity index (χ1n) is 7.71. The van der Waals surface area contributed by atoms with Gasteiger partial charge in [0, 0.05) is 35.6 Å². The van der Waals surface area contributed by atoms with Gasteiger partial charge in [-0.1, -0.05) is 24.3 Å². The molecule has 0 amide bonds. The lowest BCUT2D eigenvalue weighted by atomic mass is 9.81. The van der Waals surface area contributed by atoms with E-state index >= 15 is 4.39 Å². The van der Waals surface area contributed by atoms with Crippen molar-refractivity contribution < 1.29 is 26.3 Å². The molecule has 0 aliphatic heterocycles. The first-order valence-corrected chi connectivity index (χ1v) is 7.71. The fraction of sp³-hybridized carbons (Fsp3) is 0.294.